The van der Waals surface area contributed by atoms with Crippen LogP contribution in [0.25, 0.3) is 44.5 Å². The van der Waals surface area contributed by atoms with Gasteiger partial charge in [0.2, 0.25) is 0 Å². The Bertz CT molecular complexity index is 1370. The minimum atomic E-state index is -0.115. The average Bonchev–Trinajstić information content (AvgIpc) is 3.18. The van der Waals surface area contributed by atoms with Gasteiger partial charge in [-0.15, -0.1) is 0 Å². The Balaban J connectivity index is 1.77. The van der Waals surface area contributed by atoms with Gasteiger partial charge in [-0.05, 0) is 24.6 Å². The van der Waals surface area contributed by atoms with Crippen molar-refractivity contribution in [3.05, 3.63) is 84.7 Å². The quantitative estimate of drug-likeness (QED) is 0.299. The highest BCUT2D eigenvalue weighted by Crippen LogP contribution is 2.37. The van der Waals surface area contributed by atoms with Crippen molar-refractivity contribution in [1.29, 1.82) is 0 Å². The van der Waals surface area contributed by atoms with Crippen LogP contribution in [0.4, 0.5) is 0 Å². The van der Waals surface area contributed by atoms with Crippen LogP contribution in [-0.4, -0.2) is 9.97 Å². The zero-order chi connectivity index (χ0) is 21.4. The van der Waals surface area contributed by atoms with Gasteiger partial charge in [-0.2, -0.15) is 0 Å². The van der Waals surface area contributed by atoms with Gasteiger partial charge in [0.15, 0.2) is 0 Å². The normalized spacial score (nSPS) is 12.0. The lowest BCUT2D eigenvalue weighted by atomic mass is 9.86. The first-order valence-corrected chi connectivity index (χ1v) is 10.9. The molecule has 3 nitrogen and oxygen atoms in total. The lowest BCUT2D eigenvalue weighted by molar-refractivity contribution is 0.445. The van der Waals surface area contributed by atoms with Crippen LogP contribution in [-0.2, 0) is 5.41 Å². The molecular formula is C28H26N2O. The summed E-state index contributed by atoms with van der Waals surface area (Å²) in [7, 11) is 0. The van der Waals surface area contributed by atoms with Crippen LogP contribution in [0.3, 0.4) is 0 Å². The fourth-order valence-electron chi connectivity index (χ4n) is 4.33. The van der Waals surface area contributed by atoms with E-state index in [-0.39, 0.29) is 5.41 Å². The van der Waals surface area contributed by atoms with Crippen LogP contribution in [0.2, 0.25) is 0 Å². The summed E-state index contributed by atoms with van der Waals surface area (Å²) in [5, 5.41) is 2.24. The van der Waals surface area contributed by atoms with E-state index in [4.69, 9.17) is 14.4 Å². The molecule has 2 aromatic heterocycles. The number of para-hydroxylation sites is 2. The Morgan fingerprint density at radius 2 is 1.48 bits per heavy atom. The Kier molecular flexibility index (Phi) is 4.82. The minimum Gasteiger partial charge on any atom is -0.455 e. The van der Waals surface area contributed by atoms with Crippen molar-refractivity contribution in [2.24, 2.45) is 0 Å². The van der Waals surface area contributed by atoms with Gasteiger partial charge in [-0.25, -0.2) is 9.97 Å². The van der Waals surface area contributed by atoms with Crippen molar-refractivity contribution in [2.75, 3.05) is 0 Å². The van der Waals surface area contributed by atoms with Gasteiger partial charge in [0, 0.05) is 27.3 Å². The summed E-state index contributed by atoms with van der Waals surface area (Å²) in [4.78, 5) is 10.1. The first-order chi connectivity index (χ1) is 15.1. The monoisotopic (exact) mass is 406 g/mol. The van der Waals surface area contributed by atoms with E-state index in [9.17, 15) is 0 Å². The van der Waals surface area contributed by atoms with Crippen molar-refractivity contribution in [1.82, 2.24) is 9.97 Å². The first kappa shape index (κ1) is 19.5. The van der Waals surface area contributed by atoms with Gasteiger partial charge in [-0.3, -0.25) is 0 Å². The molecule has 5 rings (SSSR count). The summed E-state index contributed by atoms with van der Waals surface area (Å²) in [6.45, 7) is 6.66. The van der Waals surface area contributed by atoms with Crippen molar-refractivity contribution in [2.45, 2.75) is 39.0 Å². The van der Waals surface area contributed by atoms with Gasteiger partial charge in [0.1, 0.15) is 17.0 Å². The third-order valence-corrected chi connectivity index (χ3v) is 5.96. The van der Waals surface area contributed by atoms with E-state index in [1.165, 1.54) is 0 Å². The fourth-order valence-corrected chi connectivity index (χ4v) is 4.33. The lowest BCUT2D eigenvalue weighted by Gasteiger charge is -2.23. The molecule has 154 valence electrons. The highest BCUT2D eigenvalue weighted by Gasteiger charge is 2.25. The highest BCUT2D eigenvalue weighted by atomic mass is 16.3. The molecule has 31 heavy (non-hydrogen) atoms. The van der Waals surface area contributed by atoms with E-state index < -0.39 is 0 Å². The maximum Gasteiger partial charge on any atom is 0.144 e. The summed E-state index contributed by atoms with van der Waals surface area (Å²) < 4.78 is 6.30. The summed E-state index contributed by atoms with van der Waals surface area (Å²) in [5.41, 5.74) is 5.60. The van der Waals surface area contributed by atoms with Crippen LogP contribution in [0.15, 0.2) is 83.3 Å². The third-order valence-electron chi connectivity index (χ3n) is 5.96. The van der Waals surface area contributed by atoms with Crippen LogP contribution >= 0.6 is 0 Å². The van der Waals surface area contributed by atoms with Crippen LogP contribution in [0.5, 0.6) is 0 Å². The lowest BCUT2D eigenvalue weighted by Crippen LogP contribution is -2.21. The highest BCUT2D eigenvalue weighted by molar-refractivity contribution is 6.09. The molecule has 0 fully saturated rings. The molecule has 0 saturated carbocycles. The molecule has 0 aliphatic rings. The van der Waals surface area contributed by atoms with Crippen LogP contribution in [0, 0.1) is 0 Å². The Morgan fingerprint density at radius 1 is 0.774 bits per heavy atom. The second-order valence-corrected chi connectivity index (χ2v) is 8.74. The molecule has 0 spiro atoms. The zero-order valence-corrected chi connectivity index (χ0v) is 18.2. The molecule has 0 aliphatic carbocycles. The molecule has 3 aromatic carbocycles. The molecule has 0 unspecified atom stereocenters. The number of fused-ring (bicyclic) bond motifs is 3. The molecule has 0 radical (unpaired) electrons. The Hall–Kier alpha value is -3.46. The zero-order valence-electron chi connectivity index (χ0n) is 18.2. The largest absolute Gasteiger partial charge is 0.455 e. The predicted octanol–water partition coefficient (Wildman–Crippen LogP) is 7.79. The number of hydrogen-bond donors (Lipinski definition) is 0. The number of benzene rings is 3. The van der Waals surface area contributed by atoms with Crippen molar-refractivity contribution in [3.63, 3.8) is 0 Å². The van der Waals surface area contributed by atoms with E-state index in [1.807, 2.05) is 36.4 Å². The summed E-state index contributed by atoms with van der Waals surface area (Å²) in [6.07, 6.45) is 2.11. The second-order valence-electron chi connectivity index (χ2n) is 8.74. The average molecular weight is 407 g/mol. The van der Waals surface area contributed by atoms with E-state index in [2.05, 4.69) is 63.2 Å². The standard InChI is InChI=1S/C28H26N2O/c1-4-17-28(2,3)27-29-23(19-11-6-5-7-12-19)18-24(30-27)22-15-10-14-21-20-13-8-9-16-25(20)31-26(21)22/h5-16,18H,4,17H2,1-3H3. The number of aromatic nitrogens is 2. The van der Waals surface area contributed by atoms with Gasteiger partial charge in [0.25, 0.3) is 0 Å². The van der Waals surface area contributed by atoms with Gasteiger partial charge in [-0.1, -0.05) is 87.9 Å². The van der Waals surface area contributed by atoms with E-state index in [0.29, 0.717) is 0 Å². The van der Waals surface area contributed by atoms with Crippen molar-refractivity contribution >= 4 is 21.9 Å². The number of nitrogens with zero attached hydrogens (tertiary/aromatic N) is 2. The molecule has 0 atom stereocenters. The SMILES string of the molecule is CCCC(C)(C)c1nc(-c2ccccc2)cc(-c2cccc3c2oc2ccccc23)n1. The molecule has 5 aromatic rings. The molecule has 2 heterocycles. The van der Waals surface area contributed by atoms with Crippen molar-refractivity contribution in [3.8, 4) is 22.5 Å². The first-order valence-electron chi connectivity index (χ1n) is 10.9. The molecule has 0 amide bonds. The van der Waals surface area contributed by atoms with Gasteiger partial charge < -0.3 is 4.42 Å². The second kappa shape index (κ2) is 7.66. The van der Waals surface area contributed by atoms with E-state index >= 15 is 0 Å². The number of hydrogen-bond acceptors (Lipinski definition) is 3. The summed E-state index contributed by atoms with van der Waals surface area (Å²) in [5.74, 6) is 0.874. The number of rotatable bonds is 5. The number of furan rings is 1. The van der Waals surface area contributed by atoms with E-state index in [0.717, 1.165) is 63.1 Å². The van der Waals surface area contributed by atoms with Crippen LogP contribution in [0.1, 0.15) is 39.4 Å². The van der Waals surface area contributed by atoms with Crippen molar-refractivity contribution < 1.29 is 4.42 Å². The van der Waals surface area contributed by atoms with Gasteiger partial charge in [0.05, 0.1) is 11.4 Å². The molecule has 3 heteroatoms. The predicted molar refractivity (Wildman–Crippen MR) is 128 cm³/mol. The van der Waals surface area contributed by atoms with Crippen LogP contribution < -0.4 is 0 Å². The summed E-state index contributed by atoms with van der Waals surface area (Å²) in [6, 6.07) is 26.9. The molecule has 0 bridgehead atoms. The molecule has 0 N–H and O–H groups in total. The Labute approximate surface area is 182 Å². The van der Waals surface area contributed by atoms with Gasteiger partial charge >= 0.3 is 0 Å². The molecule has 0 aliphatic heterocycles. The topological polar surface area (TPSA) is 38.9 Å². The third kappa shape index (κ3) is 3.50. The molecule has 0 saturated heterocycles. The smallest absolute Gasteiger partial charge is 0.144 e. The fraction of sp³-hybridized carbons (Fsp3) is 0.214. The maximum absolute atomic E-state index is 6.30. The maximum atomic E-state index is 6.30. The molecular weight excluding hydrogens is 380 g/mol. The minimum absolute atomic E-state index is 0.115. The van der Waals surface area contributed by atoms with E-state index in [1.54, 1.807) is 0 Å². The summed E-state index contributed by atoms with van der Waals surface area (Å²) >= 11 is 0. The Morgan fingerprint density at radius 3 is 2.29 bits per heavy atom.